The van der Waals surface area contributed by atoms with Crippen molar-refractivity contribution < 1.29 is 13.2 Å². The number of rotatable bonds is 6. The molecule has 0 aliphatic rings. The fraction of sp³-hybridized carbons (Fsp3) is 0.333. The zero-order valence-corrected chi connectivity index (χ0v) is 14.8. The highest BCUT2D eigenvalue weighted by atomic mass is 32.2. The van der Waals surface area contributed by atoms with Crippen molar-refractivity contribution in [1.29, 1.82) is 0 Å². The molecule has 23 heavy (non-hydrogen) atoms. The second-order valence-corrected chi connectivity index (χ2v) is 7.34. The Morgan fingerprint density at radius 1 is 1.09 bits per heavy atom. The van der Waals surface area contributed by atoms with Crippen molar-refractivity contribution in [1.82, 2.24) is 4.72 Å². The highest BCUT2D eigenvalue weighted by Crippen LogP contribution is 2.25. The van der Waals surface area contributed by atoms with E-state index in [0.29, 0.717) is 6.42 Å². The molecule has 0 aliphatic carbocycles. The highest BCUT2D eigenvalue weighted by Gasteiger charge is 2.20. The van der Waals surface area contributed by atoms with Crippen LogP contribution in [-0.4, -0.2) is 15.5 Å². The Morgan fingerprint density at radius 3 is 2.26 bits per heavy atom. The number of hydrogen-bond acceptors (Lipinski definition) is 3. The first-order chi connectivity index (χ1) is 10.9. The Morgan fingerprint density at radius 2 is 1.74 bits per heavy atom. The van der Waals surface area contributed by atoms with E-state index in [1.807, 2.05) is 39.0 Å². The van der Waals surface area contributed by atoms with E-state index < -0.39 is 10.0 Å². The monoisotopic (exact) mass is 333 g/mol. The van der Waals surface area contributed by atoms with E-state index in [1.54, 1.807) is 31.4 Å². The van der Waals surface area contributed by atoms with Crippen molar-refractivity contribution in [2.45, 2.75) is 38.1 Å². The SMILES string of the molecule is CCC(NS(=O)(=O)c1ccc(C)cc1)c1ccc(OC)c(C)c1. The molecule has 2 rings (SSSR count). The summed E-state index contributed by atoms with van der Waals surface area (Å²) >= 11 is 0. The average molecular weight is 333 g/mol. The van der Waals surface area contributed by atoms with Gasteiger partial charge in [0.1, 0.15) is 5.75 Å². The zero-order valence-electron chi connectivity index (χ0n) is 14.0. The summed E-state index contributed by atoms with van der Waals surface area (Å²) in [5, 5.41) is 0. The van der Waals surface area contributed by atoms with Crippen molar-refractivity contribution >= 4 is 10.0 Å². The van der Waals surface area contributed by atoms with Gasteiger partial charge in [0.15, 0.2) is 0 Å². The van der Waals surface area contributed by atoms with E-state index in [0.717, 1.165) is 22.4 Å². The minimum atomic E-state index is -3.55. The molecular formula is C18H23NO3S. The Hall–Kier alpha value is -1.85. The molecule has 2 aromatic rings. The first-order valence-electron chi connectivity index (χ1n) is 7.61. The quantitative estimate of drug-likeness (QED) is 0.876. The Bertz CT molecular complexity index is 767. The van der Waals surface area contributed by atoms with Crippen molar-refractivity contribution in [2.75, 3.05) is 7.11 Å². The van der Waals surface area contributed by atoms with E-state index in [4.69, 9.17) is 4.74 Å². The van der Waals surface area contributed by atoms with Crippen LogP contribution in [-0.2, 0) is 10.0 Å². The van der Waals surface area contributed by atoms with Gasteiger partial charge in [-0.2, -0.15) is 0 Å². The molecule has 1 atom stereocenters. The van der Waals surface area contributed by atoms with Gasteiger partial charge in [-0.1, -0.05) is 36.8 Å². The van der Waals surface area contributed by atoms with Gasteiger partial charge >= 0.3 is 0 Å². The Labute approximate surface area is 138 Å². The first kappa shape index (κ1) is 17.5. The molecule has 124 valence electrons. The molecule has 1 unspecified atom stereocenters. The number of sulfonamides is 1. The molecule has 0 radical (unpaired) electrons. The number of methoxy groups -OCH3 is 1. The van der Waals surface area contributed by atoms with E-state index in [1.165, 1.54) is 0 Å². The van der Waals surface area contributed by atoms with Crippen molar-refractivity contribution in [3.63, 3.8) is 0 Å². The van der Waals surface area contributed by atoms with Crippen molar-refractivity contribution in [3.05, 3.63) is 59.2 Å². The third-order valence-corrected chi connectivity index (χ3v) is 5.35. The lowest BCUT2D eigenvalue weighted by atomic mass is 10.0. The van der Waals surface area contributed by atoms with Crippen LogP contribution in [0.2, 0.25) is 0 Å². The highest BCUT2D eigenvalue weighted by molar-refractivity contribution is 7.89. The molecule has 0 spiro atoms. The summed E-state index contributed by atoms with van der Waals surface area (Å²) in [5.74, 6) is 0.796. The van der Waals surface area contributed by atoms with Crippen LogP contribution in [0.5, 0.6) is 5.75 Å². The minimum absolute atomic E-state index is 0.272. The molecule has 4 nitrogen and oxygen atoms in total. The predicted molar refractivity (Wildman–Crippen MR) is 92.3 cm³/mol. The van der Waals surface area contributed by atoms with Gasteiger partial charge < -0.3 is 4.74 Å². The molecule has 0 aromatic heterocycles. The summed E-state index contributed by atoms with van der Waals surface area (Å²) in [6, 6.07) is 12.3. The molecule has 1 N–H and O–H groups in total. The van der Waals surface area contributed by atoms with Crippen LogP contribution < -0.4 is 9.46 Å². The zero-order chi connectivity index (χ0) is 17.0. The molecule has 5 heteroatoms. The maximum absolute atomic E-state index is 12.6. The van der Waals surface area contributed by atoms with Crippen molar-refractivity contribution in [2.24, 2.45) is 0 Å². The van der Waals surface area contributed by atoms with Crippen LogP contribution in [0.25, 0.3) is 0 Å². The molecular weight excluding hydrogens is 310 g/mol. The average Bonchev–Trinajstić information content (AvgIpc) is 2.53. The van der Waals surface area contributed by atoms with Gasteiger partial charge in [0.2, 0.25) is 10.0 Å². The summed E-state index contributed by atoms with van der Waals surface area (Å²) < 4.78 is 33.2. The summed E-state index contributed by atoms with van der Waals surface area (Å²) in [6.07, 6.45) is 0.664. The fourth-order valence-corrected chi connectivity index (χ4v) is 3.79. The standard InChI is InChI=1S/C18H23NO3S/c1-5-17(15-8-11-18(22-4)14(3)12-15)19-23(20,21)16-9-6-13(2)7-10-16/h6-12,17,19H,5H2,1-4H3. The maximum atomic E-state index is 12.6. The lowest BCUT2D eigenvalue weighted by molar-refractivity contribution is 0.411. The van der Waals surface area contributed by atoms with Crippen LogP contribution in [0, 0.1) is 13.8 Å². The molecule has 2 aromatic carbocycles. The lowest BCUT2D eigenvalue weighted by Crippen LogP contribution is -2.28. The second kappa shape index (κ2) is 7.15. The molecule has 0 aliphatic heterocycles. The van der Waals surface area contributed by atoms with Gasteiger partial charge in [0.05, 0.1) is 12.0 Å². The van der Waals surface area contributed by atoms with Gasteiger partial charge in [0, 0.05) is 6.04 Å². The number of benzene rings is 2. The number of ether oxygens (including phenoxy) is 1. The van der Waals surface area contributed by atoms with Crippen LogP contribution in [0.4, 0.5) is 0 Å². The molecule has 0 heterocycles. The molecule has 0 saturated heterocycles. The van der Waals surface area contributed by atoms with Gasteiger partial charge in [-0.05, 0) is 49.6 Å². The predicted octanol–water partition coefficient (Wildman–Crippen LogP) is 3.74. The van der Waals surface area contributed by atoms with Gasteiger partial charge in [0.25, 0.3) is 0 Å². The molecule has 0 bridgehead atoms. The summed E-state index contributed by atoms with van der Waals surface area (Å²) in [7, 11) is -1.92. The van der Waals surface area contributed by atoms with Gasteiger partial charge in [-0.15, -0.1) is 0 Å². The second-order valence-electron chi connectivity index (χ2n) is 5.62. The van der Waals surface area contributed by atoms with Crippen LogP contribution >= 0.6 is 0 Å². The van der Waals surface area contributed by atoms with Crippen molar-refractivity contribution in [3.8, 4) is 5.75 Å². The smallest absolute Gasteiger partial charge is 0.241 e. The summed E-state index contributed by atoms with van der Waals surface area (Å²) in [4.78, 5) is 0.284. The van der Waals surface area contributed by atoms with Gasteiger partial charge in [-0.3, -0.25) is 0 Å². The summed E-state index contributed by atoms with van der Waals surface area (Å²) in [6.45, 7) is 5.84. The fourth-order valence-electron chi connectivity index (χ4n) is 2.48. The van der Waals surface area contributed by atoms with Crippen LogP contribution in [0.15, 0.2) is 47.4 Å². The van der Waals surface area contributed by atoms with Crippen LogP contribution in [0.3, 0.4) is 0 Å². The molecule has 0 amide bonds. The topological polar surface area (TPSA) is 55.4 Å². The molecule has 0 saturated carbocycles. The number of aryl methyl sites for hydroxylation is 2. The maximum Gasteiger partial charge on any atom is 0.241 e. The first-order valence-corrected chi connectivity index (χ1v) is 9.09. The van der Waals surface area contributed by atoms with Gasteiger partial charge in [-0.25, -0.2) is 13.1 Å². The third kappa shape index (κ3) is 4.12. The van der Waals surface area contributed by atoms with E-state index in [9.17, 15) is 8.42 Å². The largest absolute Gasteiger partial charge is 0.496 e. The third-order valence-electron chi connectivity index (χ3n) is 3.86. The van der Waals surface area contributed by atoms with E-state index in [-0.39, 0.29) is 10.9 Å². The van der Waals surface area contributed by atoms with E-state index in [2.05, 4.69) is 4.72 Å². The minimum Gasteiger partial charge on any atom is -0.496 e. The van der Waals surface area contributed by atoms with Crippen LogP contribution in [0.1, 0.15) is 36.1 Å². The number of hydrogen-bond donors (Lipinski definition) is 1. The lowest BCUT2D eigenvalue weighted by Gasteiger charge is -2.19. The normalized spacial score (nSPS) is 12.9. The number of nitrogens with one attached hydrogen (secondary N) is 1. The van der Waals surface area contributed by atoms with E-state index >= 15 is 0 Å². The molecule has 0 fully saturated rings. The Kier molecular flexibility index (Phi) is 5.44. The Balaban J connectivity index is 2.28. The summed E-state index contributed by atoms with van der Waals surface area (Å²) in [5.41, 5.74) is 2.95.